The van der Waals surface area contributed by atoms with E-state index in [1.54, 1.807) is 46.1 Å². The first-order valence-electron chi connectivity index (χ1n) is 14.7. The van der Waals surface area contributed by atoms with Gasteiger partial charge in [0.15, 0.2) is 23.2 Å². The molecular formula is C31H29N8O8S2+. The van der Waals surface area contributed by atoms with Gasteiger partial charge in [-0.2, -0.15) is 4.57 Å². The molecule has 6 rings (SSSR count). The maximum Gasteiger partial charge on any atom is 0.352 e. The number of likely N-dealkylation sites (tertiary alicyclic amines) is 1. The number of carboxylic acid groups (broad SMARTS) is 1. The molecule has 5 heterocycles. The van der Waals surface area contributed by atoms with Crippen LogP contribution < -0.4 is 20.9 Å². The molecule has 3 aliphatic rings. The highest BCUT2D eigenvalue weighted by molar-refractivity contribution is 8.00. The third kappa shape index (κ3) is 6.95. The summed E-state index contributed by atoms with van der Waals surface area (Å²) in [5.41, 5.74) is 7.03. The Balaban J connectivity index is 1.08. The van der Waals surface area contributed by atoms with E-state index >= 15 is 0 Å². The predicted octanol–water partition coefficient (Wildman–Crippen LogP) is 0.633. The quantitative estimate of drug-likeness (QED) is 0.0326. The molecule has 49 heavy (non-hydrogen) atoms. The van der Waals surface area contributed by atoms with Crippen LogP contribution in [-0.4, -0.2) is 89.2 Å². The number of thioether (sulfide) groups is 1. The fourth-order valence-corrected chi connectivity index (χ4v) is 7.42. The number of anilines is 2. The molecule has 252 valence electrons. The van der Waals surface area contributed by atoms with Crippen LogP contribution in [0.3, 0.4) is 0 Å². The molecule has 7 N–H and O–H groups in total. The van der Waals surface area contributed by atoms with Gasteiger partial charge in [-0.1, -0.05) is 5.16 Å². The van der Waals surface area contributed by atoms with Crippen molar-refractivity contribution in [2.24, 2.45) is 5.16 Å². The number of aliphatic carboxylic acids is 1. The Morgan fingerprint density at radius 3 is 2.53 bits per heavy atom. The van der Waals surface area contributed by atoms with Gasteiger partial charge in [-0.15, -0.1) is 23.1 Å². The number of hydrogen-bond acceptors (Lipinski definition) is 12. The number of nitrogen functional groups attached to an aromatic ring is 1. The van der Waals surface area contributed by atoms with E-state index in [0.29, 0.717) is 36.3 Å². The summed E-state index contributed by atoms with van der Waals surface area (Å²) in [6, 6.07) is 8.67. The Kier molecular flexibility index (Phi) is 9.32. The van der Waals surface area contributed by atoms with Crippen LogP contribution in [0, 0.1) is 0 Å². The van der Waals surface area contributed by atoms with Crippen LogP contribution in [0.5, 0.6) is 5.75 Å². The predicted molar refractivity (Wildman–Crippen MR) is 176 cm³/mol. The zero-order valence-corrected chi connectivity index (χ0v) is 27.1. The molecular weight excluding hydrogens is 677 g/mol. The first-order chi connectivity index (χ1) is 23.5. The lowest BCUT2D eigenvalue weighted by Crippen LogP contribution is -2.71. The van der Waals surface area contributed by atoms with Gasteiger partial charge in [0.1, 0.15) is 28.6 Å². The highest BCUT2D eigenvalue weighted by Gasteiger charge is 2.54. The summed E-state index contributed by atoms with van der Waals surface area (Å²) < 4.78 is 1.69. The number of nitrogens with two attached hydrogens (primary N) is 1. The zero-order chi connectivity index (χ0) is 34.8. The summed E-state index contributed by atoms with van der Waals surface area (Å²) in [5, 5.41) is 37.9. The van der Waals surface area contributed by atoms with Gasteiger partial charge in [0, 0.05) is 47.6 Å². The van der Waals surface area contributed by atoms with E-state index in [1.165, 1.54) is 35.4 Å². The first kappa shape index (κ1) is 33.2. The van der Waals surface area contributed by atoms with E-state index in [2.05, 4.69) is 20.8 Å². The second-order valence-electron chi connectivity index (χ2n) is 11.2. The lowest BCUT2D eigenvalue weighted by atomic mass is 10.0. The van der Waals surface area contributed by atoms with E-state index in [9.17, 15) is 39.4 Å². The average Bonchev–Trinajstić information content (AvgIpc) is 3.66. The Labute approximate surface area is 286 Å². The number of phenolic OH excluding ortho intramolecular Hbond substituents is 1. The molecule has 0 aliphatic carbocycles. The highest BCUT2D eigenvalue weighted by atomic mass is 32.2. The van der Waals surface area contributed by atoms with Gasteiger partial charge in [-0.05, 0) is 47.9 Å². The van der Waals surface area contributed by atoms with E-state index in [0.717, 1.165) is 21.8 Å². The third-order valence-electron chi connectivity index (χ3n) is 7.94. The van der Waals surface area contributed by atoms with E-state index < -0.39 is 34.9 Å². The molecule has 0 saturated carbocycles. The molecule has 0 radical (unpaired) electrons. The molecule has 0 spiro atoms. The molecule has 18 heteroatoms. The van der Waals surface area contributed by atoms with E-state index in [4.69, 9.17) is 5.73 Å². The SMILES string of the molecule is Nc1nc(/C(=N/O)C(=O)N[C@@H]2C(=O)N3C(C(=O)O)=C(C=C4CCN(Cc5cc[n+](CC(=O)Nc6ccc(O)cc6)cc5)C4=O)CS[C@H]23)cs1. The van der Waals surface area contributed by atoms with Crippen molar-refractivity contribution in [3.63, 3.8) is 0 Å². The molecule has 3 aromatic rings. The second kappa shape index (κ2) is 13.8. The van der Waals surface area contributed by atoms with Gasteiger partial charge in [0.2, 0.25) is 12.5 Å². The molecule has 4 amide bonds. The largest absolute Gasteiger partial charge is 0.508 e. The number of allylic oxidation sites excluding steroid dienone is 1. The molecule has 3 aliphatic heterocycles. The van der Waals surface area contributed by atoms with Crippen molar-refractivity contribution in [3.8, 4) is 5.75 Å². The number of fused-ring (bicyclic) bond motifs is 1. The van der Waals surface area contributed by atoms with Crippen molar-refractivity contribution in [1.29, 1.82) is 0 Å². The lowest BCUT2D eigenvalue weighted by molar-refractivity contribution is -0.684. The van der Waals surface area contributed by atoms with Gasteiger partial charge in [0.05, 0.1) is 0 Å². The van der Waals surface area contributed by atoms with Crippen LogP contribution in [0.4, 0.5) is 10.8 Å². The number of pyridine rings is 1. The minimum absolute atomic E-state index is 0.0286. The number of carbonyl (C=O) groups is 5. The Hall–Kier alpha value is -5.75. The number of hydrogen-bond donors (Lipinski definition) is 6. The van der Waals surface area contributed by atoms with E-state index in [1.807, 2.05) is 0 Å². The molecule has 2 aromatic heterocycles. The molecule has 16 nitrogen and oxygen atoms in total. The Bertz CT molecular complexity index is 1940. The normalized spacial score (nSPS) is 19.9. The van der Waals surface area contributed by atoms with Crippen molar-refractivity contribution in [1.82, 2.24) is 20.1 Å². The number of amides is 4. The van der Waals surface area contributed by atoms with Crippen molar-refractivity contribution < 1.29 is 44.0 Å². The van der Waals surface area contributed by atoms with Crippen LogP contribution in [0.25, 0.3) is 0 Å². The summed E-state index contributed by atoms with van der Waals surface area (Å²) in [6.07, 6.45) is 5.37. The second-order valence-corrected chi connectivity index (χ2v) is 13.2. The van der Waals surface area contributed by atoms with Crippen molar-refractivity contribution in [2.75, 3.05) is 23.3 Å². The number of carbonyl (C=O) groups excluding carboxylic acids is 4. The topological polar surface area (TPSA) is 232 Å². The van der Waals surface area contributed by atoms with Crippen molar-refractivity contribution in [2.45, 2.75) is 30.9 Å². The number of β-lactam (4-membered cyclic amide) rings is 1. The number of nitrogens with zero attached hydrogens (tertiary/aromatic N) is 5. The minimum Gasteiger partial charge on any atom is -0.508 e. The number of carboxylic acids is 1. The third-order valence-corrected chi connectivity index (χ3v) is 9.91. The number of thiazole rings is 1. The number of benzene rings is 1. The number of rotatable bonds is 10. The maximum atomic E-state index is 13.3. The van der Waals surface area contributed by atoms with Gasteiger partial charge >= 0.3 is 5.97 Å². The Morgan fingerprint density at radius 1 is 1.14 bits per heavy atom. The number of oxime groups is 1. The number of phenols is 1. The lowest BCUT2D eigenvalue weighted by Gasteiger charge is -2.49. The van der Waals surface area contributed by atoms with Crippen LogP contribution in [-0.2, 0) is 37.1 Å². The smallest absolute Gasteiger partial charge is 0.352 e. The monoisotopic (exact) mass is 705 g/mol. The summed E-state index contributed by atoms with van der Waals surface area (Å²) in [4.78, 5) is 70.6. The van der Waals surface area contributed by atoms with Crippen molar-refractivity contribution >= 4 is 69.2 Å². The van der Waals surface area contributed by atoms with Crippen LogP contribution in [0.15, 0.2) is 82.2 Å². The van der Waals surface area contributed by atoms with Crippen LogP contribution >= 0.6 is 23.1 Å². The molecule has 1 aromatic carbocycles. The van der Waals surface area contributed by atoms with Crippen LogP contribution in [0.2, 0.25) is 0 Å². The summed E-state index contributed by atoms with van der Waals surface area (Å²) in [6.45, 7) is 0.774. The minimum atomic E-state index is -1.34. The van der Waals surface area contributed by atoms with Crippen LogP contribution in [0.1, 0.15) is 17.7 Å². The van der Waals surface area contributed by atoms with Gasteiger partial charge < -0.3 is 36.7 Å². The molecule has 0 bridgehead atoms. The summed E-state index contributed by atoms with van der Waals surface area (Å²) in [7, 11) is 0. The maximum absolute atomic E-state index is 13.3. The van der Waals surface area contributed by atoms with Gasteiger partial charge in [-0.3, -0.25) is 24.1 Å². The first-order valence-corrected chi connectivity index (χ1v) is 16.7. The number of aromatic nitrogens is 2. The van der Waals surface area contributed by atoms with Crippen molar-refractivity contribution in [3.05, 3.63) is 88.3 Å². The number of aromatic hydroxyl groups is 1. The fraction of sp³-hybridized carbons (Fsp3) is 0.226. The van der Waals surface area contributed by atoms with Gasteiger partial charge in [0.25, 0.3) is 17.7 Å². The average molecular weight is 706 g/mol. The summed E-state index contributed by atoms with van der Waals surface area (Å²) in [5.74, 6) is -3.12. The summed E-state index contributed by atoms with van der Waals surface area (Å²) >= 11 is 2.27. The standard InChI is InChI=1S/C31H28N8O8S2/c32-31-34-21(15-49-31)23(36-47)26(42)35-24-28(44)39-25(30(45)46)18(14-48-29(24)39)11-17-7-10-38(27(17)43)12-16-5-8-37(9-6-16)13-22(41)33-19-1-3-20(40)4-2-19/h1-6,8-9,11,15,24,29H,7,10,12-14H2,(H6-,32,33,34,35,36,40,41,42,45,46,47)/p+1/t24-,29-/m1/s1. The molecule has 0 unspecified atom stereocenters. The molecule has 2 atom stereocenters. The Morgan fingerprint density at radius 2 is 1.88 bits per heavy atom. The van der Waals surface area contributed by atoms with Gasteiger partial charge in [-0.25, -0.2) is 9.78 Å². The fourth-order valence-electron chi connectivity index (χ4n) is 5.57. The number of nitrogens with one attached hydrogen (secondary N) is 2. The molecule has 2 fully saturated rings. The zero-order valence-electron chi connectivity index (χ0n) is 25.5. The molecule has 2 saturated heterocycles. The van der Waals surface area contributed by atoms with E-state index in [-0.39, 0.29) is 46.4 Å². The highest BCUT2D eigenvalue weighted by Crippen LogP contribution is 2.41.